The summed E-state index contributed by atoms with van der Waals surface area (Å²) in [6, 6.07) is 4.47. The highest BCUT2D eigenvalue weighted by atomic mass is 35.5. The number of nitrogens with zero attached hydrogens (tertiary/aromatic N) is 2. The van der Waals surface area contributed by atoms with Crippen molar-refractivity contribution in [3.8, 4) is 0 Å². The third-order valence-electron chi connectivity index (χ3n) is 3.89. The minimum atomic E-state index is -3.68. The highest BCUT2D eigenvalue weighted by molar-refractivity contribution is 7.89. The first-order valence-corrected chi connectivity index (χ1v) is 9.32. The molecule has 1 amide bonds. The van der Waals surface area contributed by atoms with Gasteiger partial charge in [0.05, 0.1) is 5.02 Å². The Hall–Kier alpha value is -1.11. The predicted octanol–water partition coefficient (Wildman–Crippen LogP) is 2.61. The van der Waals surface area contributed by atoms with Crippen LogP contribution in [0.1, 0.15) is 37.0 Å². The number of halogens is 1. The van der Waals surface area contributed by atoms with Crippen LogP contribution < -0.4 is 0 Å². The molecule has 22 heavy (non-hydrogen) atoms. The number of sulfonamides is 1. The molecule has 0 bridgehead atoms. The topological polar surface area (TPSA) is 57.7 Å². The van der Waals surface area contributed by atoms with Gasteiger partial charge < -0.3 is 4.90 Å². The summed E-state index contributed by atoms with van der Waals surface area (Å²) in [6.07, 6.45) is 1.98. The standard InChI is InChI=1S/C15H21ClN2O3S/c1-3-18(4-2)22(20,21)14-11-12(7-8-13(14)16)15(19)17-9-5-6-10-17/h7-8,11H,3-6,9-10H2,1-2H3. The van der Waals surface area contributed by atoms with Gasteiger partial charge in [-0.3, -0.25) is 4.79 Å². The Morgan fingerprint density at radius 2 is 1.82 bits per heavy atom. The Morgan fingerprint density at radius 3 is 2.36 bits per heavy atom. The summed E-state index contributed by atoms with van der Waals surface area (Å²) >= 11 is 6.07. The molecule has 0 unspecified atom stereocenters. The Morgan fingerprint density at radius 1 is 1.23 bits per heavy atom. The van der Waals surface area contributed by atoms with Crippen LogP contribution in [0.2, 0.25) is 5.02 Å². The van der Waals surface area contributed by atoms with E-state index in [0.29, 0.717) is 18.7 Å². The average Bonchev–Trinajstić information content (AvgIpc) is 3.02. The fourth-order valence-electron chi connectivity index (χ4n) is 2.64. The molecule has 1 aliphatic rings. The summed E-state index contributed by atoms with van der Waals surface area (Å²) in [6.45, 7) is 5.71. The largest absolute Gasteiger partial charge is 0.339 e. The maximum Gasteiger partial charge on any atom is 0.253 e. The van der Waals surface area contributed by atoms with Crippen LogP contribution in [0.15, 0.2) is 23.1 Å². The van der Waals surface area contributed by atoms with E-state index in [9.17, 15) is 13.2 Å². The van der Waals surface area contributed by atoms with Crippen molar-refractivity contribution < 1.29 is 13.2 Å². The smallest absolute Gasteiger partial charge is 0.253 e. The summed E-state index contributed by atoms with van der Waals surface area (Å²) in [5, 5.41) is 0.143. The van der Waals surface area contributed by atoms with E-state index in [2.05, 4.69) is 0 Å². The van der Waals surface area contributed by atoms with Crippen molar-refractivity contribution in [3.05, 3.63) is 28.8 Å². The zero-order valence-corrected chi connectivity index (χ0v) is 14.5. The third kappa shape index (κ3) is 3.29. The lowest BCUT2D eigenvalue weighted by Crippen LogP contribution is -2.31. The van der Waals surface area contributed by atoms with Gasteiger partial charge in [0.2, 0.25) is 10.0 Å². The van der Waals surface area contributed by atoms with E-state index in [-0.39, 0.29) is 15.8 Å². The Labute approximate surface area is 136 Å². The molecule has 1 saturated heterocycles. The van der Waals surface area contributed by atoms with Crippen LogP contribution in [0.4, 0.5) is 0 Å². The minimum absolute atomic E-state index is 0.00270. The zero-order valence-electron chi connectivity index (χ0n) is 12.9. The average molecular weight is 345 g/mol. The van der Waals surface area contributed by atoms with Gasteiger partial charge in [0.1, 0.15) is 4.90 Å². The number of rotatable bonds is 5. The molecule has 1 aromatic carbocycles. The van der Waals surface area contributed by atoms with Crippen molar-refractivity contribution in [3.63, 3.8) is 0 Å². The van der Waals surface area contributed by atoms with Crippen LogP contribution in [0.25, 0.3) is 0 Å². The van der Waals surface area contributed by atoms with Gasteiger partial charge in [0, 0.05) is 31.7 Å². The molecule has 0 aliphatic carbocycles. The van der Waals surface area contributed by atoms with E-state index < -0.39 is 10.0 Å². The van der Waals surface area contributed by atoms with Crippen molar-refractivity contribution in [2.75, 3.05) is 26.2 Å². The van der Waals surface area contributed by atoms with Gasteiger partial charge in [-0.2, -0.15) is 4.31 Å². The molecule has 1 aliphatic heterocycles. The first kappa shape index (κ1) is 17.2. The lowest BCUT2D eigenvalue weighted by molar-refractivity contribution is 0.0792. The molecule has 0 radical (unpaired) electrons. The number of amides is 1. The number of carbonyl (C=O) groups excluding carboxylic acids is 1. The summed E-state index contributed by atoms with van der Waals surface area (Å²) < 4.78 is 26.6. The lowest BCUT2D eigenvalue weighted by Gasteiger charge is -2.20. The Bertz CT molecular complexity index is 651. The summed E-state index contributed by atoms with van der Waals surface area (Å²) in [5.74, 6) is -0.134. The van der Waals surface area contributed by atoms with Crippen molar-refractivity contribution in [1.82, 2.24) is 9.21 Å². The van der Waals surface area contributed by atoms with Crippen molar-refractivity contribution in [1.29, 1.82) is 0 Å². The van der Waals surface area contributed by atoms with Gasteiger partial charge in [0.25, 0.3) is 5.91 Å². The highest BCUT2D eigenvalue weighted by Gasteiger charge is 2.27. The first-order valence-electron chi connectivity index (χ1n) is 7.50. The number of hydrogen-bond acceptors (Lipinski definition) is 3. The molecule has 2 rings (SSSR count). The van der Waals surface area contributed by atoms with Crippen LogP contribution in [-0.2, 0) is 10.0 Å². The minimum Gasteiger partial charge on any atom is -0.339 e. The van der Waals surface area contributed by atoms with Gasteiger partial charge in [-0.15, -0.1) is 0 Å². The van der Waals surface area contributed by atoms with E-state index in [1.54, 1.807) is 24.8 Å². The van der Waals surface area contributed by atoms with Crippen molar-refractivity contribution in [2.24, 2.45) is 0 Å². The fourth-order valence-corrected chi connectivity index (χ4v) is 4.60. The molecular weight excluding hydrogens is 324 g/mol. The second kappa shape index (κ2) is 6.98. The number of benzene rings is 1. The van der Waals surface area contributed by atoms with Gasteiger partial charge in [-0.05, 0) is 31.0 Å². The Kier molecular flexibility index (Phi) is 5.47. The second-order valence-corrected chi connectivity index (χ2v) is 7.55. The summed E-state index contributed by atoms with van der Waals surface area (Å²) in [5.41, 5.74) is 0.372. The zero-order chi connectivity index (χ0) is 16.3. The molecule has 1 aromatic rings. The molecule has 0 N–H and O–H groups in total. The summed E-state index contributed by atoms with van der Waals surface area (Å²) in [7, 11) is -3.68. The van der Waals surface area contributed by atoms with Crippen LogP contribution in [0, 0.1) is 0 Å². The monoisotopic (exact) mass is 344 g/mol. The maximum atomic E-state index is 12.6. The number of hydrogen-bond donors (Lipinski definition) is 0. The maximum absolute atomic E-state index is 12.6. The van der Waals surface area contributed by atoms with Crippen LogP contribution in [-0.4, -0.2) is 49.7 Å². The molecule has 1 heterocycles. The van der Waals surface area contributed by atoms with Gasteiger partial charge in [-0.25, -0.2) is 8.42 Å². The van der Waals surface area contributed by atoms with Crippen LogP contribution in [0.3, 0.4) is 0 Å². The Balaban J connectivity index is 2.40. The molecule has 5 nitrogen and oxygen atoms in total. The third-order valence-corrected chi connectivity index (χ3v) is 6.43. The SMILES string of the molecule is CCN(CC)S(=O)(=O)c1cc(C(=O)N2CCCC2)ccc1Cl. The quantitative estimate of drug-likeness (QED) is 0.825. The van der Waals surface area contributed by atoms with E-state index in [0.717, 1.165) is 25.9 Å². The van der Waals surface area contributed by atoms with Crippen LogP contribution >= 0.6 is 11.6 Å². The van der Waals surface area contributed by atoms with Crippen molar-refractivity contribution >= 4 is 27.5 Å². The first-order chi connectivity index (χ1) is 10.4. The number of carbonyl (C=O) groups is 1. The summed E-state index contributed by atoms with van der Waals surface area (Å²) in [4.78, 5) is 14.2. The van der Waals surface area contributed by atoms with Gasteiger partial charge >= 0.3 is 0 Å². The fraction of sp³-hybridized carbons (Fsp3) is 0.533. The molecule has 1 fully saturated rings. The van der Waals surface area contributed by atoms with E-state index >= 15 is 0 Å². The van der Waals surface area contributed by atoms with Gasteiger partial charge in [-0.1, -0.05) is 25.4 Å². The van der Waals surface area contributed by atoms with Crippen LogP contribution in [0.5, 0.6) is 0 Å². The molecule has 122 valence electrons. The predicted molar refractivity (Wildman–Crippen MR) is 86.7 cm³/mol. The van der Waals surface area contributed by atoms with E-state index in [1.807, 2.05) is 0 Å². The molecule has 0 saturated carbocycles. The van der Waals surface area contributed by atoms with E-state index in [4.69, 9.17) is 11.6 Å². The number of likely N-dealkylation sites (tertiary alicyclic amines) is 1. The van der Waals surface area contributed by atoms with Gasteiger partial charge in [0.15, 0.2) is 0 Å². The molecule has 0 aromatic heterocycles. The normalized spacial score (nSPS) is 15.5. The molecule has 0 spiro atoms. The van der Waals surface area contributed by atoms with Crippen molar-refractivity contribution in [2.45, 2.75) is 31.6 Å². The molecular formula is C15H21ClN2O3S. The molecule has 0 atom stereocenters. The lowest BCUT2D eigenvalue weighted by atomic mass is 10.2. The highest BCUT2D eigenvalue weighted by Crippen LogP contribution is 2.26. The second-order valence-electron chi connectivity index (χ2n) is 5.23. The van der Waals surface area contributed by atoms with E-state index in [1.165, 1.54) is 16.4 Å². The molecule has 7 heteroatoms.